The molecule has 0 bridgehead atoms. The standard InChI is InChI=1S/C17H28N2OS/c1-3-7-18-13-16-5-4-6-17(12-16)20-10-8-19-9-11-21-15(2)14-19/h4-6,12,15,18H,3,7-11,13-14H2,1-2H3. The van der Waals surface area contributed by atoms with Crippen LogP contribution in [0, 0.1) is 0 Å². The SMILES string of the molecule is CCCNCc1cccc(OCCN2CCSC(C)C2)c1. The summed E-state index contributed by atoms with van der Waals surface area (Å²) in [6.45, 7) is 10.7. The second-order valence-electron chi connectivity index (χ2n) is 5.65. The Labute approximate surface area is 133 Å². The molecular formula is C17H28N2OS. The third-order valence-corrected chi connectivity index (χ3v) is 4.79. The first-order valence-corrected chi connectivity index (χ1v) is 9.09. The Kier molecular flexibility index (Phi) is 7.41. The Morgan fingerprint density at radius 3 is 3.14 bits per heavy atom. The molecule has 0 aliphatic carbocycles. The van der Waals surface area contributed by atoms with Gasteiger partial charge in [0.05, 0.1) is 0 Å². The smallest absolute Gasteiger partial charge is 0.119 e. The first-order valence-electron chi connectivity index (χ1n) is 8.04. The normalized spacial score (nSPS) is 19.6. The van der Waals surface area contributed by atoms with Crippen molar-refractivity contribution in [2.45, 2.75) is 32.1 Å². The fraction of sp³-hybridized carbons (Fsp3) is 0.647. The van der Waals surface area contributed by atoms with Crippen LogP contribution in [0.5, 0.6) is 5.75 Å². The van der Waals surface area contributed by atoms with E-state index in [1.165, 1.54) is 30.8 Å². The van der Waals surface area contributed by atoms with Crippen LogP contribution in [-0.4, -0.2) is 48.7 Å². The number of rotatable bonds is 8. The van der Waals surface area contributed by atoms with Crippen molar-refractivity contribution in [3.05, 3.63) is 29.8 Å². The van der Waals surface area contributed by atoms with E-state index in [2.05, 4.69) is 60.1 Å². The molecule has 1 heterocycles. The van der Waals surface area contributed by atoms with Crippen LogP contribution in [0.25, 0.3) is 0 Å². The first-order chi connectivity index (χ1) is 10.3. The zero-order chi connectivity index (χ0) is 14.9. The molecule has 3 nitrogen and oxygen atoms in total. The topological polar surface area (TPSA) is 24.5 Å². The van der Waals surface area contributed by atoms with Crippen molar-refractivity contribution in [3.63, 3.8) is 0 Å². The Balaban J connectivity index is 1.71. The van der Waals surface area contributed by atoms with E-state index < -0.39 is 0 Å². The Hall–Kier alpha value is -0.710. The van der Waals surface area contributed by atoms with Gasteiger partial charge in [-0.2, -0.15) is 11.8 Å². The van der Waals surface area contributed by atoms with Gasteiger partial charge in [-0.05, 0) is 30.7 Å². The summed E-state index contributed by atoms with van der Waals surface area (Å²) in [6.07, 6.45) is 1.17. The van der Waals surface area contributed by atoms with E-state index in [-0.39, 0.29) is 0 Å². The molecule has 0 amide bonds. The van der Waals surface area contributed by atoms with Gasteiger partial charge >= 0.3 is 0 Å². The van der Waals surface area contributed by atoms with Gasteiger partial charge in [0.2, 0.25) is 0 Å². The largest absolute Gasteiger partial charge is 0.492 e. The van der Waals surface area contributed by atoms with Gasteiger partial charge in [-0.25, -0.2) is 0 Å². The molecule has 1 aliphatic heterocycles. The average molecular weight is 308 g/mol. The summed E-state index contributed by atoms with van der Waals surface area (Å²) in [6, 6.07) is 8.44. The van der Waals surface area contributed by atoms with Crippen molar-refractivity contribution in [1.29, 1.82) is 0 Å². The lowest BCUT2D eigenvalue weighted by Gasteiger charge is -2.30. The predicted molar refractivity (Wildman–Crippen MR) is 92.3 cm³/mol. The molecule has 1 aromatic rings. The van der Waals surface area contributed by atoms with Gasteiger partial charge in [0.15, 0.2) is 0 Å². The van der Waals surface area contributed by atoms with Crippen LogP contribution in [0.15, 0.2) is 24.3 Å². The van der Waals surface area contributed by atoms with Crippen molar-refractivity contribution in [2.24, 2.45) is 0 Å². The minimum atomic E-state index is 0.756. The summed E-state index contributed by atoms with van der Waals surface area (Å²) in [7, 11) is 0. The number of ether oxygens (including phenoxy) is 1. The molecule has 1 aromatic carbocycles. The van der Waals surface area contributed by atoms with Crippen molar-refractivity contribution in [3.8, 4) is 5.75 Å². The summed E-state index contributed by atoms with van der Waals surface area (Å²) in [5.74, 6) is 2.24. The molecule has 21 heavy (non-hydrogen) atoms. The van der Waals surface area contributed by atoms with E-state index in [1.807, 2.05) is 0 Å². The van der Waals surface area contributed by atoms with Crippen molar-refractivity contribution in [1.82, 2.24) is 10.2 Å². The fourth-order valence-electron chi connectivity index (χ4n) is 2.54. The lowest BCUT2D eigenvalue weighted by Crippen LogP contribution is -2.39. The van der Waals surface area contributed by atoms with Gasteiger partial charge in [0.25, 0.3) is 0 Å². The second kappa shape index (κ2) is 9.34. The molecule has 118 valence electrons. The van der Waals surface area contributed by atoms with Crippen LogP contribution in [0.1, 0.15) is 25.8 Å². The molecule has 1 N–H and O–H groups in total. The highest BCUT2D eigenvalue weighted by Gasteiger charge is 2.15. The Morgan fingerprint density at radius 2 is 2.33 bits per heavy atom. The van der Waals surface area contributed by atoms with Crippen LogP contribution < -0.4 is 10.1 Å². The molecule has 4 heteroatoms. The summed E-state index contributed by atoms with van der Waals surface area (Å²) >= 11 is 2.07. The van der Waals surface area contributed by atoms with E-state index in [0.29, 0.717) is 0 Å². The van der Waals surface area contributed by atoms with Crippen LogP contribution >= 0.6 is 11.8 Å². The molecular weight excluding hydrogens is 280 g/mol. The van der Waals surface area contributed by atoms with Crippen LogP contribution in [0.3, 0.4) is 0 Å². The number of hydrogen-bond acceptors (Lipinski definition) is 4. The molecule has 2 rings (SSSR count). The van der Waals surface area contributed by atoms with E-state index >= 15 is 0 Å². The minimum absolute atomic E-state index is 0.756. The van der Waals surface area contributed by atoms with E-state index in [0.717, 1.165) is 37.2 Å². The third kappa shape index (κ3) is 6.29. The second-order valence-corrected chi connectivity index (χ2v) is 7.20. The van der Waals surface area contributed by atoms with Crippen molar-refractivity contribution in [2.75, 3.05) is 38.5 Å². The molecule has 0 aromatic heterocycles. The number of benzene rings is 1. The number of nitrogens with one attached hydrogen (secondary N) is 1. The summed E-state index contributed by atoms with van der Waals surface area (Å²) < 4.78 is 5.91. The van der Waals surface area contributed by atoms with Gasteiger partial charge in [-0.15, -0.1) is 0 Å². The quantitative estimate of drug-likeness (QED) is 0.746. The number of nitrogens with zero attached hydrogens (tertiary/aromatic N) is 1. The van der Waals surface area contributed by atoms with Crippen molar-refractivity contribution < 1.29 is 4.74 Å². The molecule has 1 unspecified atom stereocenters. The maximum atomic E-state index is 5.91. The van der Waals surface area contributed by atoms with Crippen LogP contribution in [-0.2, 0) is 6.54 Å². The Bertz CT molecular complexity index is 414. The highest BCUT2D eigenvalue weighted by atomic mass is 32.2. The lowest BCUT2D eigenvalue weighted by atomic mass is 10.2. The molecule has 1 atom stereocenters. The molecule has 1 fully saturated rings. The van der Waals surface area contributed by atoms with Gasteiger partial charge in [0, 0.05) is 37.2 Å². The molecule has 1 aliphatic rings. The molecule has 0 saturated carbocycles. The third-order valence-electron chi connectivity index (χ3n) is 3.66. The summed E-state index contributed by atoms with van der Waals surface area (Å²) in [5, 5.41) is 4.18. The molecule has 0 spiro atoms. The highest BCUT2D eigenvalue weighted by Crippen LogP contribution is 2.18. The predicted octanol–water partition coefficient (Wildman–Crippen LogP) is 3.00. The average Bonchev–Trinajstić information content (AvgIpc) is 2.48. The van der Waals surface area contributed by atoms with Crippen LogP contribution in [0.4, 0.5) is 0 Å². The maximum absolute atomic E-state index is 5.91. The van der Waals surface area contributed by atoms with Crippen molar-refractivity contribution >= 4 is 11.8 Å². The zero-order valence-electron chi connectivity index (χ0n) is 13.3. The maximum Gasteiger partial charge on any atom is 0.119 e. The summed E-state index contributed by atoms with van der Waals surface area (Å²) in [4.78, 5) is 2.51. The molecule has 0 radical (unpaired) electrons. The minimum Gasteiger partial charge on any atom is -0.492 e. The fourth-order valence-corrected chi connectivity index (χ4v) is 3.62. The van der Waals surface area contributed by atoms with E-state index in [1.54, 1.807) is 0 Å². The van der Waals surface area contributed by atoms with Gasteiger partial charge in [-0.3, -0.25) is 4.90 Å². The van der Waals surface area contributed by atoms with Crippen LogP contribution in [0.2, 0.25) is 0 Å². The van der Waals surface area contributed by atoms with Gasteiger partial charge in [-0.1, -0.05) is 26.0 Å². The highest BCUT2D eigenvalue weighted by molar-refractivity contribution is 7.99. The molecule has 1 saturated heterocycles. The van der Waals surface area contributed by atoms with Gasteiger partial charge < -0.3 is 10.1 Å². The Morgan fingerprint density at radius 1 is 1.43 bits per heavy atom. The monoisotopic (exact) mass is 308 g/mol. The van der Waals surface area contributed by atoms with Gasteiger partial charge in [0.1, 0.15) is 12.4 Å². The number of thioether (sulfide) groups is 1. The first kappa shape index (κ1) is 16.7. The van der Waals surface area contributed by atoms with E-state index in [4.69, 9.17) is 4.74 Å². The number of hydrogen-bond donors (Lipinski definition) is 1. The lowest BCUT2D eigenvalue weighted by molar-refractivity contribution is 0.215. The summed E-state index contributed by atoms with van der Waals surface area (Å²) in [5.41, 5.74) is 1.30. The van der Waals surface area contributed by atoms with E-state index in [9.17, 15) is 0 Å². The zero-order valence-corrected chi connectivity index (χ0v) is 14.1.